The van der Waals surface area contributed by atoms with E-state index in [2.05, 4.69) is 289 Å². The van der Waals surface area contributed by atoms with Gasteiger partial charge in [0.05, 0.1) is 11.0 Å². The van der Waals surface area contributed by atoms with Crippen LogP contribution in [0, 0.1) is 0 Å². The topological polar surface area (TPSA) is 8.17 Å². The molecule has 328 valence electrons. The smallest absolute Gasteiger partial charge is 0.0553 e. The molecule has 0 radical (unpaired) electrons. The Morgan fingerprint density at radius 1 is 0.257 bits per heavy atom. The van der Waals surface area contributed by atoms with Gasteiger partial charge in [0.15, 0.2) is 0 Å². The molecule has 0 N–H and O–H groups in total. The lowest BCUT2D eigenvalue weighted by Crippen LogP contribution is -2.10. The number of benzene rings is 12. The predicted octanol–water partition coefficient (Wildman–Crippen LogP) is 18.9. The summed E-state index contributed by atoms with van der Waals surface area (Å²) < 4.78 is 2.42. The van der Waals surface area contributed by atoms with E-state index in [1.54, 1.807) is 0 Å². The maximum absolute atomic E-state index is 2.42. The lowest BCUT2D eigenvalue weighted by atomic mass is 9.92. The van der Waals surface area contributed by atoms with Crippen molar-refractivity contribution in [3.05, 3.63) is 279 Å². The molecule has 0 aliphatic heterocycles. The van der Waals surface area contributed by atoms with Crippen LogP contribution in [-0.2, 0) is 0 Å². The molecule has 0 unspecified atom stereocenters. The van der Waals surface area contributed by atoms with Gasteiger partial charge < -0.3 is 9.47 Å². The van der Waals surface area contributed by atoms with E-state index in [1.165, 1.54) is 87.9 Å². The van der Waals surface area contributed by atoms with Gasteiger partial charge in [-0.1, -0.05) is 200 Å². The average molecular weight is 891 g/mol. The van der Waals surface area contributed by atoms with E-state index in [0.29, 0.717) is 0 Å². The quantitative estimate of drug-likeness (QED) is 0.140. The first-order valence-electron chi connectivity index (χ1n) is 24.1. The summed E-state index contributed by atoms with van der Waals surface area (Å²) in [5, 5.41) is 7.40. The van der Waals surface area contributed by atoms with Crippen LogP contribution in [0.15, 0.2) is 279 Å². The van der Waals surface area contributed by atoms with Crippen LogP contribution >= 0.6 is 0 Å². The Labute approximate surface area is 408 Å². The minimum absolute atomic E-state index is 1.07. The number of anilines is 3. The molecular formula is C68H46N2. The van der Waals surface area contributed by atoms with Crippen LogP contribution in [-0.4, -0.2) is 4.57 Å². The van der Waals surface area contributed by atoms with Crippen molar-refractivity contribution in [1.29, 1.82) is 0 Å². The van der Waals surface area contributed by atoms with Gasteiger partial charge in [0.25, 0.3) is 0 Å². The summed E-state index contributed by atoms with van der Waals surface area (Å²) in [6, 6.07) is 102. The number of para-hydroxylation sites is 2. The molecule has 0 bridgehead atoms. The number of hydrogen-bond acceptors (Lipinski definition) is 1. The van der Waals surface area contributed by atoms with Crippen molar-refractivity contribution < 1.29 is 0 Å². The molecule has 2 nitrogen and oxygen atoms in total. The second kappa shape index (κ2) is 17.4. The maximum Gasteiger partial charge on any atom is 0.0553 e. The number of hydrogen-bond donors (Lipinski definition) is 0. The molecule has 0 saturated carbocycles. The van der Waals surface area contributed by atoms with Gasteiger partial charge in [0, 0.05) is 33.5 Å². The van der Waals surface area contributed by atoms with E-state index in [9.17, 15) is 0 Å². The third kappa shape index (κ3) is 7.31. The molecular weight excluding hydrogens is 845 g/mol. The molecule has 2 heteroatoms. The van der Waals surface area contributed by atoms with Gasteiger partial charge in [0.1, 0.15) is 0 Å². The molecule has 0 saturated heterocycles. The van der Waals surface area contributed by atoms with E-state index < -0.39 is 0 Å². The summed E-state index contributed by atoms with van der Waals surface area (Å²) >= 11 is 0. The Hall–Kier alpha value is -9.24. The van der Waals surface area contributed by atoms with Gasteiger partial charge in [-0.2, -0.15) is 0 Å². The number of fused-ring (bicyclic) bond motifs is 5. The van der Waals surface area contributed by atoms with E-state index in [4.69, 9.17) is 0 Å². The molecule has 0 amide bonds. The summed E-state index contributed by atoms with van der Waals surface area (Å²) in [6.07, 6.45) is 0. The molecule has 1 heterocycles. The first-order valence-corrected chi connectivity index (χ1v) is 24.1. The highest BCUT2D eigenvalue weighted by molar-refractivity contribution is 6.23. The fourth-order valence-corrected chi connectivity index (χ4v) is 10.7. The van der Waals surface area contributed by atoms with Crippen LogP contribution in [0.4, 0.5) is 17.1 Å². The highest BCUT2D eigenvalue weighted by atomic mass is 15.1. The van der Waals surface area contributed by atoms with Crippen molar-refractivity contribution in [1.82, 2.24) is 4.57 Å². The molecule has 0 aliphatic carbocycles. The largest absolute Gasteiger partial charge is 0.310 e. The minimum atomic E-state index is 1.07. The molecule has 12 aromatic carbocycles. The highest BCUT2D eigenvalue weighted by Crippen LogP contribution is 2.46. The van der Waals surface area contributed by atoms with E-state index in [1.807, 2.05) is 0 Å². The van der Waals surface area contributed by atoms with Crippen LogP contribution in [0.2, 0.25) is 0 Å². The standard InChI is InChI=1S/C68H46N2/c1-4-18-47(19-5-1)54-42-55(48-20-6-2-7-21-48)44-56(43-54)49-34-38-58(39-35-49)69(59-40-36-51(37-41-59)62-32-17-24-50-22-10-12-29-61(50)62)60-28-16-25-53(45-60)67-63-30-13-11-23-52(63)46-66-68(67)64-31-14-15-33-65(64)70(66)57-26-8-3-9-27-57/h1-46H. The van der Waals surface area contributed by atoms with Crippen molar-refractivity contribution >= 4 is 60.4 Å². The molecule has 0 fully saturated rings. The van der Waals surface area contributed by atoms with Crippen molar-refractivity contribution in [3.63, 3.8) is 0 Å². The van der Waals surface area contributed by atoms with Crippen molar-refractivity contribution in [2.45, 2.75) is 0 Å². The Balaban J connectivity index is 0.983. The van der Waals surface area contributed by atoms with Crippen LogP contribution in [0.5, 0.6) is 0 Å². The Morgan fingerprint density at radius 3 is 1.40 bits per heavy atom. The third-order valence-electron chi connectivity index (χ3n) is 13.9. The molecule has 0 aliphatic rings. The number of aromatic nitrogens is 1. The number of rotatable bonds is 9. The van der Waals surface area contributed by atoms with Crippen molar-refractivity contribution in [2.24, 2.45) is 0 Å². The van der Waals surface area contributed by atoms with Crippen LogP contribution in [0.25, 0.3) is 105 Å². The first kappa shape index (κ1) is 41.0. The van der Waals surface area contributed by atoms with Crippen LogP contribution in [0.1, 0.15) is 0 Å². The highest BCUT2D eigenvalue weighted by Gasteiger charge is 2.21. The van der Waals surface area contributed by atoms with Crippen LogP contribution in [0.3, 0.4) is 0 Å². The molecule has 0 atom stereocenters. The SMILES string of the molecule is c1ccc(-c2cc(-c3ccccc3)cc(-c3ccc(N(c4ccc(-c5cccc6ccccc56)cc4)c4cccc(-c5c6ccccc6cc6c5c5ccccc5n6-c5ccccc5)c4)cc3)c2)cc1. The third-order valence-corrected chi connectivity index (χ3v) is 13.9. The Morgan fingerprint density at radius 2 is 0.743 bits per heavy atom. The zero-order valence-electron chi connectivity index (χ0n) is 38.5. The zero-order valence-corrected chi connectivity index (χ0v) is 38.5. The maximum atomic E-state index is 2.42. The van der Waals surface area contributed by atoms with Crippen molar-refractivity contribution in [3.8, 4) is 61.3 Å². The molecule has 70 heavy (non-hydrogen) atoms. The average Bonchev–Trinajstić information content (AvgIpc) is 3.77. The van der Waals surface area contributed by atoms with Gasteiger partial charge in [0.2, 0.25) is 0 Å². The lowest BCUT2D eigenvalue weighted by Gasteiger charge is -2.27. The first-order chi connectivity index (χ1) is 34.7. The van der Waals surface area contributed by atoms with Crippen LogP contribution < -0.4 is 4.90 Å². The van der Waals surface area contributed by atoms with Gasteiger partial charge >= 0.3 is 0 Å². The normalized spacial score (nSPS) is 11.4. The fraction of sp³-hybridized carbons (Fsp3) is 0. The Bertz CT molecular complexity index is 3960. The van der Waals surface area contributed by atoms with E-state index in [-0.39, 0.29) is 0 Å². The molecule has 13 aromatic rings. The van der Waals surface area contributed by atoms with Gasteiger partial charge in [-0.15, -0.1) is 0 Å². The van der Waals surface area contributed by atoms with Gasteiger partial charge in [-0.05, 0) is 156 Å². The minimum Gasteiger partial charge on any atom is -0.310 e. The summed E-state index contributed by atoms with van der Waals surface area (Å²) in [7, 11) is 0. The zero-order chi connectivity index (χ0) is 46.4. The molecule has 0 spiro atoms. The van der Waals surface area contributed by atoms with Gasteiger partial charge in [-0.25, -0.2) is 0 Å². The second-order valence-electron chi connectivity index (χ2n) is 18.1. The second-order valence-corrected chi connectivity index (χ2v) is 18.1. The van der Waals surface area contributed by atoms with E-state index in [0.717, 1.165) is 33.9 Å². The monoisotopic (exact) mass is 890 g/mol. The van der Waals surface area contributed by atoms with Gasteiger partial charge in [-0.3, -0.25) is 0 Å². The lowest BCUT2D eigenvalue weighted by molar-refractivity contribution is 1.18. The summed E-state index contributed by atoms with van der Waals surface area (Å²) in [5.41, 5.74) is 18.7. The molecule has 13 rings (SSSR count). The summed E-state index contributed by atoms with van der Waals surface area (Å²) in [5.74, 6) is 0. The Kier molecular flexibility index (Phi) is 10.2. The van der Waals surface area contributed by atoms with Crippen molar-refractivity contribution in [2.75, 3.05) is 4.90 Å². The summed E-state index contributed by atoms with van der Waals surface area (Å²) in [6.45, 7) is 0. The fourth-order valence-electron chi connectivity index (χ4n) is 10.7. The predicted molar refractivity (Wildman–Crippen MR) is 298 cm³/mol. The van der Waals surface area contributed by atoms with E-state index >= 15 is 0 Å². The summed E-state index contributed by atoms with van der Waals surface area (Å²) in [4.78, 5) is 2.41. The number of nitrogens with zero attached hydrogens (tertiary/aromatic N) is 2. The molecule has 1 aromatic heterocycles.